The molecule has 0 saturated carbocycles. The Kier molecular flexibility index (Phi) is 3.14. The van der Waals surface area contributed by atoms with Crippen molar-refractivity contribution in [3.05, 3.63) is 64.7 Å². The van der Waals surface area contributed by atoms with Gasteiger partial charge in [-0.15, -0.1) is 0 Å². The van der Waals surface area contributed by atoms with Crippen molar-refractivity contribution in [3.63, 3.8) is 0 Å². The van der Waals surface area contributed by atoms with Crippen LogP contribution in [0.25, 0.3) is 0 Å². The molecule has 0 saturated heterocycles. The first-order chi connectivity index (χ1) is 10.7. The first-order valence-electron chi connectivity index (χ1n) is 7.95. The van der Waals surface area contributed by atoms with Crippen molar-refractivity contribution in [2.45, 2.75) is 38.3 Å². The third kappa shape index (κ3) is 2.17. The van der Waals surface area contributed by atoms with Crippen LogP contribution in [-0.2, 0) is 17.6 Å². The van der Waals surface area contributed by atoms with Gasteiger partial charge >= 0.3 is 0 Å². The van der Waals surface area contributed by atoms with Crippen LogP contribution in [0.5, 0.6) is 0 Å². The van der Waals surface area contributed by atoms with Crippen molar-refractivity contribution in [1.29, 1.82) is 0 Å². The van der Waals surface area contributed by atoms with Gasteiger partial charge in [-0.2, -0.15) is 0 Å². The summed E-state index contributed by atoms with van der Waals surface area (Å²) in [5, 5.41) is 6.62. The van der Waals surface area contributed by atoms with E-state index in [4.69, 9.17) is 0 Å². The molecule has 2 unspecified atom stereocenters. The summed E-state index contributed by atoms with van der Waals surface area (Å²) in [6.45, 7) is 2.08. The summed E-state index contributed by atoms with van der Waals surface area (Å²) < 4.78 is 0. The van der Waals surface area contributed by atoms with E-state index in [9.17, 15) is 4.79 Å². The van der Waals surface area contributed by atoms with Crippen LogP contribution in [0.1, 0.15) is 34.7 Å². The maximum atomic E-state index is 12.6. The Morgan fingerprint density at radius 1 is 1.14 bits per heavy atom. The number of anilines is 1. The summed E-state index contributed by atoms with van der Waals surface area (Å²) >= 11 is 0. The van der Waals surface area contributed by atoms with E-state index in [0.29, 0.717) is 0 Å². The summed E-state index contributed by atoms with van der Waals surface area (Å²) in [5.74, 6) is 0.109. The van der Waals surface area contributed by atoms with E-state index in [1.807, 2.05) is 0 Å². The summed E-state index contributed by atoms with van der Waals surface area (Å²) in [7, 11) is 0. The Morgan fingerprint density at radius 3 is 2.82 bits per heavy atom. The number of benzene rings is 2. The first kappa shape index (κ1) is 13.4. The number of aryl methyl sites for hydroxylation is 2. The fraction of sp³-hybridized carbons (Fsp3) is 0.316. The summed E-state index contributed by atoms with van der Waals surface area (Å²) in [6, 6.07) is 14.7. The van der Waals surface area contributed by atoms with Crippen molar-refractivity contribution in [2.24, 2.45) is 0 Å². The normalized spacial score (nSPS) is 21.9. The van der Waals surface area contributed by atoms with E-state index in [-0.39, 0.29) is 18.0 Å². The average Bonchev–Trinajstić information content (AvgIpc) is 3.13. The van der Waals surface area contributed by atoms with Gasteiger partial charge in [0.2, 0.25) is 5.91 Å². The van der Waals surface area contributed by atoms with Crippen LogP contribution in [0.15, 0.2) is 42.5 Å². The number of carbonyl (C=O) groups is 1. The van der Waals surface area contributed by atoms with Gasteiger partial charge in [0, 0.05) is 12.1 Å². The minimum absolute atomic E-state index is 0.109. The Morgan fingerprint density at radius 2 is 1.95 bits per heavy atom. The van der Waals surface area contributed by atoms with Crippen molar-refractivity contribution < 1.29 is 4.79 Å². The van der Waals surface area contributed by atoms with E-state index in [1.54, 1.807) is 0 Å². The van der Waals surface area contributed by atoms with Crippen molar-refractivity contribution in [2.75, 3.05) is 5.32 Å². The fourth-order valence-electron chi connectivity index (χ4n) is 3.69. The van der Waals surface area contributed by atoms with E-state index < -0.39 is 0 Å². The smallest absolute Gasteiger partial charge is 0.243 e. The van der Waals surface area contributed by atoms with Gasteiger partial charge in [-0.25, -0.2) is 0 Å². The number of nitrogens with one attached hydrogen (secondary N) is 2. The number of fused-ring (bicyclic) bond motifs is 2. The van der Waals surface area contributed by atoms with Crippen molar-refractivity contribution in [1.82, 2.24) is 5.32 Å². The Balaban J connectivity index is 1.48. The van der Waals surface area contributed by atoms with Gasteiger partial charge in [-0.05, 0) is 42.0 Å². The number of hydrogen-bond acceptors (Lipinski definition) is 2. The molecule has 22 heavy (non-hydrogen) atoms. The molecule has 2 aromatic carbocycles. The molecule has 2 aliphatic rings. The molecule has 0 radical (unpaired) electrons. The summed E-state index contributed by atoms with van der Waals surface area (Å²) in [6.07, 6.45) is 2.83. The topological polar surface area (TPSA) is 41.1 Å². The third-order valence-electron chi connectivity index (χ3n) is 4.87. The summed E-state index contributed by atoms with van der Waals surface area (Å²) in [5.41, 5.74) is 6.23. The molecule has 0 aromatic heterocycles. The molecule has 2 aromatic rings. The highest BCUT2D eigenvalue weighted by Gasteiger charge is 2.30. The summed E-state index contributed by atoms with van der Waals surface area (Å²) in [4.78, 5) is 12.6. The van der Waals surface area contributed by atoms with Gasteiger partial charge < -0.3 is 10.6 Å². The number of para-hydroxylation sites is 1. The molecule has 0 spiro atoms. The zero-order valence-electron chi connectivity index (χ0n) is 12.7. The Labute approximate surface area is 130 Å². The van der Waals surface area contributed by atoms with E-state index >= 15 is 0 Å². The molecule has 0 fully saturated rings. The molecular weight excluding hydrogens is 272 g/mol. The van der Waals surface area contributed by atoms with Crippen LogP contribution in [-0.4, -0.2) is 11.9 Å². The number of amides is 1. The Hall–Kier alpha value is -2.29. The van der Waals surface area contributed by atoms with E-state index in [0.717, 1.165) is 24.9 Å². The molecule has 1 heterocycles. The number of rotatable bonds is 2. The zero-order chi connectivity index (χ0) is 15.1. The minimum atomic E-state index is -0.149. The molecule has 1 aliphatic carbocycles. The SMILES string of the molecule is Cc1cccc2c1NC(C(=O)NC1CCc3ccccc31)C2. The highest BCUT2D eigenvalue weighted by molar-refractivity contribution is 5.88. The van der Waals surface area contributed by atoms with Crippen LogP contribution in [0.2, 0.25) is 0 Å². The van der Waals surface area contributed by atoms with E-state index in [2.05, 4.69) is 60.0 Å². The monoisotopic (exact) mass is 292 g/mol. The van der Waals surface area contributed by atoms with Gasteiger partial charge in [-0.3, -0.25) is 4.79 Å². The Bertz CT molecular complexity index is 738. The molecule has 0 bridgehead atoms. The van der Waals surface area contributed by atoms with Crippen molar-refractivity contribution in [3.8, 4) is 0 Å². The highest BCUT2D eigenvalue weighted by Crippen LogP contribution is 2.32. The molecule has 3 heteroatoms. The quantitative estimate of drug-likeness (QED) is 0.893. The number of hydrogen-bond donors (Lipinski definition) is 2. The number of carbonyl (C=O) groups excluding carboxylic acids is 1. The van der Waals surface area contributed by atoms with Crippen LogP contribution >= 0.6 is 0 Å². The lowest BCUT2D eigenvalue weighted by Gasteiger charge is -2.18. The van der Waals surface area contributed by atoms with E-state index in [1.165, 1.54) is 22.3 Å². The lowest BCUT2D eigenvalue weighted by Crippen LogP contribution is -2.39. The molecule has 3 nitrogen and oxygen atoms in total. The van der Waals surface area contributed by atoms with Crippen LogP contribution in [0.3, 0.4) is 0 Å². The molecule has 4 rings (SSSR count). The average molecular weight is 292 g/mol. The first-order valence-corrected chi connectivity index (χ1v) is 7.95. The predicted molar refractivity (Wildman–Crippen MR) is 87.9 cm³/mol. The molecule has 112 valence electrons. The lowest BCUT2D eigenvalue weighted by atomic mass is 10.1. The molecule has 1 amide bonds. The highest BCUT2D eigenvalue weighted by atomic mass is 16.2. The molecule has 2 N–H and O–H groups in total. The van der Waals surface area contributed by atoms with Crippen LogP contribution in [0.4, 0.5) is 5.69 Å². The largest absolute Gasteiger partial charge is 0.373 e. The zero-order valence-corrected chi connectivity index (χ0v) is 12.7. The van der Waals surface area contributed by atoms with Gasteiger partial charge in [0.05, 0.1) is 6.04 Å². The van der Waals surface area contributed by atoms with Gasteiger partial charge in [0.15, 0.2) is 0 Å². The minimum Gasteiger partial charge on any atom is -0.373 e. The van der Waals surface area contributed by atoms with Crippen LogP contribution < -0.4 is 10.6 Å². The standard InChI is InChI=1S/C19H20N2O/c1-12-5-4-7-14-11-17(20-18(12)14)19(22)21-16-10-9-13-6-2-3-8-15(13)16/h2-8,16-17,20H,9-11H2,1H3,(H,21,22). The second kappa shape index (κ2) is 5.16. The maximum absolute atomic E-state index is 12.6. The maximum Gasteiger partial charge on any atom is 0.243 e. The van der Waals surface area contributed by atoms with Gasteiger partial charge in [0.25, 0.3) is 0 Å². The molecule has 2 atom stereocenters. The third-order valence-corrected chi connectivity index (χ3v) is 4.87. The van der Waals surface area contributed by atoms with Gasteiger partial charge in [-0.1, -0.05) is 42.5 Å². The van der Waals surface area contributed by atoms with Crippen molar-refractivity contribution >= 4 is 11.6 Å². The van der Waals surface area contributed by atoms with Crippen LogP contribution in [0, 0.1) is 6.92 Å². The molecule has 1 aliphatic heterocycles. The second-order valence-corrected chi connectivity index (χ2v) is 6.31. The lowest BCUT2D eigenvalue weighted by molar-refractivity contribution is -0.122. The fourth-order valence-corrected chi connectivity index (χ4v) is 3.69. The second-order valence-electron chi connectivity index (χ2n) is 6.31. The van der Waals surface area contributed by atoms with Gasteiger partial charge in [0.1, 0.15) is 6.04 Å². The molecular formula is C19H20N2O. The predicted octanol–water partition coefficient (Wildman–Crippen LogP) is 3.14.